The lowest BCUT2D eigenvalue weighted by Gasteiger charge is -2.13. The SMILES string of the molecule is CC[C@@H](N)c1c(F)cccc1C(=O)O. The summed E-state index contributed by atoms with van der Waals surface area (Å²) >= 11 is 0. The minimum Gasteiger partial charge on any atom is -0.478 e. The molecule has 76 valence electrons. The Hall–Kier alpha value is -1.42. The van der Waals surface area contributed by atoms with Crippen LogP contribution < -0.4 is 5.73 Å². The molecular formula is C10H12FNO2. The number of hydrogen-bond donors (Lipinski definition) is 2. The van der Waals surface area contributed by atoms with Crippen molar-refractivity contribution in [2.75, 3.05) is 0 Å². The van der Waals surface area contributed by atoms with Crippen molar-refractivity contribution in [3.05, 3.63) is 35.1 Å². The standard InChI is InChI=1S/C10H12FNO2/c1-2-8(12)9-6(10(13)14)4-3-5-7(9)11/h3-5,8H,2,12H2,1H3,(H,13,14)/t8-/m1/s1. The molecule has 1 rings (SSSR count). The molecule has 0 heterocycles. The van der Waals surface area contributed by atoms with Gasteiger partial charge in [0.1, 0.15) is 5.82 Å². The molecule has 0 unspecified atom stereocenters. The molecule has 0 bridgehead atoms. The molecule has 4 heteroatoms. The second-order valence-electron chi connectivity index (χ2n) is 3.02. The average Bonchev–Trinajstić information content (AvgIpc) is 2.16. The zero-order chi connectivity index (χ0) is 10.7. The topological polar surface area (TPSA) is 63.3 Å². The Bertz CT molecular complexity index is 352. The minimum absolute atomic E-state index is 0.0562. The van der Waals surface area contributed by atoms with E-state index in [1.165, 1.54) is 18.2 Å². The summed E-state index contributed by atoms with van der Waals surface area (Å²) in [4.78, 5) is 10.8. The van der Waals surface area contributed by atoms with Gasteiger partial charge in [0.05, 0.1) is 5.56 Å². The largest absolute Gasteiger partial charge is 0.478 e. The van der Waals surface area contributed by atoms with E-state index >= 15 is 0 Å². The number of halogens is 1. The van der Waals surface area contributed by atoms with Crippen LogP contribution in [0.1, 0.15) is 35.3 Å². The van der Waals surface area contributed by atoms with Crippen LogP contribution in [0.4, 0.5) is 4.39 Å². The van der Waals surface area contributed by atoms with E-state index in [2.05, 4.69) is 0 Å². The van der Waals surface area contributed by atoms with E-state index in [-0.39, 0.29) is 11.1 Å². The van der Waals surface area contributed by atoms with Crippen molar-refractivity contribution in [1.29, 1.82) is 0 Å². The third kappa shape index (κ3) is 1.90. The maximum Gasteiger partial charge on any atom is 0.336 e. The van der Waals surface area contributed by atoms with Crippen LogP contribution >= 0.6 is 0 Å². The molecule has 0 aromatic heterocycles. The van der Waals surface area contributed by atoms with Crippen LogP contribution in [0.3, 0.4) is 0 Å². The summed E-state index contributed by atoms with van der Waals surface area (Å²) in [6, 6.07) is 3.38. The first-order valence-corrected chi connectivity index (χ1v) is 4.35. The second kappa shape index (κ2) is 4.19. The Morgan fingerprint density at radius 3 is 2.79 bits per heavy atom. The molecule has 14 heavy (non-hydrogen) atoms. The number of hydrogen-bond acceptors (Lipinski definition) is 2. The van der Waals surface area contributed by atoms with Crippen LogP contribution in [0.5, 0.6) is 0 Å². The maximum atomic E-state index is 13.3. The molecule has 1 aromatic carbocycles. The van der Waals surface area contributed by atoms with Gasteiger partial charge < -0.3 is 10.8 Å². The van der Waals surface area contributed by atoms with E-state index in [0.717, 1.165) is 0 Å². The fourth-order valence-electron chi connectivity index (χ4n) is 1.30. The van der Waals surface area contributed by atoms with Gasteiger partial charge in [0.15, 0.2) is 0 Å². The Morgan fingerprint density at radius 2 is 2.29 bits per heavy atom. The van der Waals surface area contributed by atoms with Crippen molar-refractivity contribution in [3.63, 3.8) is 0 Å². The summed E-state index contributed by atoms with van der Waals surface area (Å²) in [5.74, 6) is -1.71. The lowest BCUT2D eigenvalue weighted by atomic mass is 9.98. The number of nitrogens with two attached hydrogens (primary N) is 1. The number of aromatic carboxylic acids is 1. The van der Waals surface area contributed by atoms with Crippen molar-refractivity contribution < 1.29 is 14.3 Å². The predicted octanol–water partition coefficient (Wildman–Crippen LogP) is 1.93. The van der Waals surface area contributed by atoms with Gasteiger partial charge in [-0.1, -0.05) is 13.0 Å². The fourth-order valence-corrected chi connectivity index (χ4v) is 1.30. The van der Waals surface area contributed by atoms with Gasteiger partial charge in [-0.05, 0) is 18.6 Å². The van der Waals surface area contributed by atoms with Crippen LogP contribution in [-0.4, -0.2) is 11.1 Å². The number of rotatable bonds is 3. The first-order valence-electron chi connectivity index (χ1n) is 4.35. The van der Waals surface area contributed by atoms with Crippen LogP contribution in [-0.2, 0) is 0 Å². The molecule has 1 atom stereocenters. The number of carbonyl (C=O) groups is 1. The van der Waals surface area contributed by atoms with E-state index in [9.17, 15) is 9.18 Å². The Labute approximate surface area is 81.4 Å². The predicted molar refractivity (Wildman–Crippen MR) is 50.6 cm³/mol. The second-order valence-corrected chi connectivity index (χ2v) is 3.02. The van der Waals surface area contributed by atoms with E-state index in [1.54, 1.807) is 6.92 Å². The molecule has 0 amide bonds. The van der Waals surface area contributed by atoms with Crippen LogP contribution in [0.25, 0.3) is 0 Å². The summed E-state index contributed by atoms with van der Waals surface area (Å²) < 4.78 is 13.3. The number of carboxylic acid groups (broad SMARTS) is 1. The monoisotopic (exact) mass is 197 g/mol. The third-order valence-electron chi connectivity index (χ3n) is 2.09. The molecule has 1 aromatic rings. The Kier molecular flexibility index (Phi) is 3.19. The molecule has 0 saturated carbocycles. The first-order chi connectivity index (χ1) is 6.57. The first kappa shape index (κ1) is 10.7. The number of carboxylic acids is 1. The van der Waals surface area contributed by atoms with Crippen molar-refractivity contribution in [3.8, 4) is 0 Å². The smallest absolute Gasteiger partial charge is 0.336 e. The average molecular weight is 197 g/mol. The Balaban J connectivity index is 3.29. The van der Waals surface area contributed by atoms with Crippen molar-refractivity contribution in [2.45, 2.75) is 19.4 Å². The molecule has 3 N–H and O–H groups in total. The molecule has 3 nitrogen and oxygen atoms in total. The highest BCUT2D eigenvalue weighted by Gasteiger charge is 2.18. The normalized spacial score (nSPS) is 12.5. The van der Waals surface area contributed by atoms with Crippen molar-refractivity contribution >= 4 is 5.97 Å². The summed E-state index contributed by atoms with van der Waals surface area (Å²) in [6.07, 6.45) is 0.501. The highest BCUT2D eigenvalue weighted by molar-refractivity contribution is 5.89. The zero-order valence-electron chi connectivity index (χ0n) is 7.83. The van der Waals surface area contributed by atoms with Gasteiger partial charge in [0.2, 0.25) is 0 Å². The van der Waals surface area contributed by atoms with Gasteiger partial charge in [-0.25, -0.2) is 9.18 Å². The molecule has 0 saturated heterocycles. The van der Waals surface area contributed by atoms with E-state index in [0.29, 0.717) is 6.42 Å². The lowest BCUT2D eigenvalue weighted by molar-refractivity contribution is 0.0694. The van der Waals surface area contributed by atoms with Gasteiger partial charge in [-0.15, -0.1) is 0 Å². The Morgan fingerprint density at radius 1 is 1.64 bits per heavy atom. The fraction of sp³-hybridized carbons (Fsp3) is 0.300. The van der Waals surface area contributed by atoms with E-state index in [4.69, 9.17) is 10.8 Å². The molecule has 0 aliphatic carbocycles. The molecule has 0 aliphatic rings. The number of benzene rings is 1. The minimum atomic E-state index is -1.15. The summed E-state index contributed by atoms with van der Waals surface area (Å²) in [5.41, 5.74) is 5.66. The van der Waals surface area contributed by atoms with Gasteiger partial charge in [0, 0.05) is 11.6 Å². The van der Waals surface area contributed by atoms with Gasteiger partial charge in [-0.3, -0.25) is 0 Å². The molecule has 0 spiro atoms. The highest BCUT2D eigenvalue weighted by Crippen LogP contribution is 2.22. The molecule has 0 fully saturated rings. The van der Waals surface area contributed by atoms with Gasteiger partial charge in [0.25, 0.3) is 0 Å². The molecular weight excluding hydrogens is 185 g/mol. The van der Waals surface area contributed by atoms with E-state index in [1.807, 2.05) is 0 Å². The lowest BCUT2D eigenvalue weighted by Crippen LogP contribution is -2.16. The highest BCUT2D eigenvalue weighted by atomic mass is 19.1. The molecule has 0 radical (unpaired) electrons. The van der Waals surface area contributed by atoms with Crippen LogP contribution in [0, 0.1) is 5.82 Å². The summed E-state index contributed by atoms with van der Waals surface area (Å²) in [6.45, 7) is 1.78. The van der Waals surface area contributed by atoms with Gasteiger partial charge >= 0.3 is 5.97 Å². The van der Waals surface area contributed by atoms with Gasteiger partial charge in [-0.2, -0.15) is 0 Å². The summed E-state index contributed by atoms with van der Waals surface area (Å²) in [7, 11) is 0. The van der Waals surface area contributed by atoms with Crippen molar-refractivity contribution in [1.82, 2.24) is 0 Å². The summed E-state index contributed by atoms with van der Waals surface area (Å²) in [5, 5.41) is 8.81. The zero-order valence-corrected chi connectivity index (χ0v) is 7.83. The van der Waals surface area contributed by atoms with E-state index < -0.39 is 17.8 Å². The third-order valence-corrected chi connectivity index (χ3v) is 2.09. The molecule has 0 aliphatic heterocycles. The van der Waals surface area contributed by atoms with Crippen LogP contribution in [0.15, 0.2) is 18.2 Å². The van der Waals surface area contributed by atoms with Crippen LogP contribution in [0.2, 0.25) is 0 Å². The maximum absolute atomic E-state index is 13.3. The quantitative estimate of drug-likeness (QED) is 0.778. The van der Waals surface area contributed by atoms with Crippen molar-refractivity contribution in [2.24, 2.45) is 5.73 Å².